The maximum Gasteiger partial charge on any atom is 0.314 e. The van der Waals surface area contributed by atoms with Gasteiger partial charge in [0.2, 0.25) is 0 Å². The second kappa shape index (κ2) is 11.6. The van der Waals surface area contributed by atoms with E-state index in [2.05, 4.69) is 19.9 Å². The van der Waals surface area contributed by atoms with Crippen molar-refractivity contribution in [1.82, 2.24) is 0 Å². The highest BCUT2D eigenvalue weighted by Crippen LogP contribution is 2.38. The van der Waals surface area contributed by atoms with Gasteiger partial charge in [0.1, 0.15) is 6.54 Å². The summed E-state index contributed by atoms with van der Waals surface area (Å²) in [5.74, 6) is -0.314. The third-order valence-corrected chi connectivity index (χ3v) is 8.20. The van der Waals surface area contributed by atoms with Gasteiger partial charge >= 0.3 is 5.91 Å². The van der Waals surface area contributed by atoms with E-state index in [1.54, 1.807) is 12.1 Å². The highest BCUT2D eigenvalue weighted by molar-refractivity contribution is 6.35. The number of primary amides is 1. The van der Waals surface area contributed by atoms with Gasteiger partial charge in [0.25, 0.3) is 5.91 Å². The molecule has 1 aliphatic rings. The van der Waals surface area contributed by atoms with E-state index >= 15 is 0 Å². The predicted octanol–water partition coefficient (Wildman–Crippen LogP) is 6.16. The number of likely N-dealkylation sites (tertiary alicyclic amines) is 1. The minimum Gasteiger partial charge on any atom is -0.364 e. The molecule has 1 aliphatic heterocycles. The van der Waals surface area contributed by atoms with Gasteiger partial charge in [-0.1, -0.05) is 79.9 Å². The molecule has 2 aromatic carbocycles. The van der Waals surface area contributed by atoms with Crippen LogP contribution in [0.2, 0.25) is 10.0 Å². The highest BCUT2D eigenvalue weighted by atomic mass is 35.5. The first-order valence-electron chi connectivity index (χ1n) is 12.3. The summed E-state index contributed by atoms with van der Waals surface area (Å²) in [4.78, 5) is 26.0. The molecule has 0 saturated carbocycles. The number of nitrogens with zero attached hydrogens (tertiary/aromatic N) is 2. The van der Waals surface area contributed by atoms with Crippen molar-refractivity contribution in [2.24, 2.45) is 11.7 Å². The lowest BCUT2D eigenvalue weighted by Gasteiger charge is -2.36. The second-order valence-electron chi connectivity index (χ2n) is 9.92. The van der Waals surface area contributed by atoms with Crippen LogP contribution in [-0.4, -0.2) is 28.9 Å². The number of hydrogen-bond acceptors (Lipinski definition) is 3. The summed E-state index contributed by atoms with van der Waals surface area (Å²) in [6.45, 7) is 5.02. The Morgan fingerprint density at radius 3 is 2.49 bits per heavy atom. The molecule has 2 amide bonds. The quantitative estimate of drug-likeness (QED) is 0.304. The van der Waals surface area contributed by atoms with Gasteiger partial charge in [0.05, 0.1) is 29.5 Å². The van der Waals surface area contributed by atoms with Crippen molar-refractivity contribution in [2.45, 2.75) is 70.4 Å². The molecule has 3 rings (SSSR count). The van der Waals surface area contributed by atoms with E-state index in [1.807, 2.05) is 36.4 Å². The molecule has 3 atom stereocenters. The normalized spacial score (nSPS) is 21.4. The minimum absolute atomic E-state index is 0.00292. The van der Waals surface area contributed by atoms with E-state index in [9.17, 15) is 14.9 Å². The molecule has 1 unspecified atom stereocenters. The maximum absolute atomic E-state index is 13.7. The molecule has 0 radical (unpaired) electrons. The van der Waals surface area contributed by atoms with Crippen LogP contribution in [0.25, 0.3) is 0 Å². The third-order valence-electron chi connectivity index (χ3n) is 7.61. The van der Waals surface area contributed by atoms with E-state index in [4.69, 9.17) is 28.9 Å². The zero-order valence-corrected chi connectivity index (χ0v) is 22.0. The first-order chi connectivity index (χ1) is 16.7. The van der Waals surface area contributed by atoms with Crippen molar-refractivity contribution < 1.29 is 14.1 Å². The summed E-state index contributed by atoms with van der Waals surface area (Å²) in [5.41, 5.74) is 6.95. The van der Waals surface area contributed by atoms with E-state index in [0.717, 1.165) is 24.0 Å². The average molecular weight is 516 g/mol. The van der Waals surface area contributed by atoms with Gasteiger partial charge in [-0.2, -0.15) is 5.26 Å². The monoisotopic (exact) mass is 514 g/mol. The number of nitrogens with two attached hydrogens (primary N) is 1. The van der Waals surface area contributed by atoms with Crippen molar-refractivity contribution in [3.05, 3.63) is 69.7 Å². The largest absolute Gasteiger partial charge is 0.364 e. The van der Waals surface area contributed by atoms with Crippen LogP contribution in [0.15, 0.2) is 48.5 Å². The number of hydrogen-bond donors (Lipinski definition) is 1. The van der Waals surface area contributed by atoms with Gasteiger partial charge in [-0.3, -0.25) is 4.79 Å². The standard InChI is InChI=1S/C28H33Cl2N3O2/c1-20(2)28(19-31,22-9-4-3-5-10-22)15-7-6-12-26(34)33(16-8-11-25(33)27(32)35)18-21-13-14-23(29)17-24(21)30/h3-5,9-10,13-14,17,20,25H,6-8,11-12,15-16,18H2,1-2H3,(H-,32,35)/p+1/t25?,28-,33+/m0/s1. The predicted molar refractivity (Wildman–Crippen MR) is 140 cm³/mol. The third kappa shape index (κ3) is 5.72. The Kier molecular flexibility index (Phi) is 8.99. The number of quaternary nitrogens is 1. The van der Waals surface area contributed by atoms with Crippen molar-refractivity contribution in [3.8, 4) is 6.07 Å². The van der Waals surface area contributed by atoms with Crippen LogP contribution in [0.3, 0.4) is 0 Å². The van der Waals surface area contributed by atoms with Crippen molar-refractivity contribution in [2.75, 3.05) is 6.54 Å². The summed E-state index contributed by atoms with van der Waals surface area (Å²) in [6, 6.07) is 17.1. The van der Waals surface area contributed by atoms with Crippen LogP contribution in [-0.2, 0) is 21.5 Å². The fraction of sp³-hybridized carbons (Fsp3) is 0.464. The zero-order valence-electron chi connectivity index (χ0n) is 20.5. The Labute approximate surface area is 218 Å². The number of rotatable bonds is 10. The molecule has 0 aromatic heterocycles. The number of carbonyl (C=O) groups excluding carboxylic acids is 2. The van der Waals surface area contributed by atoms with E-state index < -0.39 is 17.4 Å². The molecular formula is C28H34Cl2N3O2+. The lowest BCUT2D eigenvalue weighted by molar-refractivity contribution is -0.871. The van der Waals surface area contributed by atoms with Crippen LogP contribution < -0.4 is 5.73 Å². The minimum atomic E-state index is -0.600. The average Bonchev–Trinajstić information content (AvgIpc) is 3.26. The Morgan fingerprint density at radius 1 is 1.17 bits per heavy atom. The number of unbranched alkanes of at least 4 members (excludes halogenated alkanes) is 1. The zero-order chi connectivity index (χ0) is 25.6. The van der Waals surface area contributed by atoms with Crippen molar-refractivity contribution in [3.63, 3.8) is 0 Å². The molecule has 1 heterocycles. The number of halogens is 2. The Morgan fingerprint density at radius 2 is 1.89 bits per heavy atom. The fourth-order valence-corrected chi connectivity index (χ4v) is 6.01. The SMILES string of the molecule is CC(C)[C@@](C#N)(CCCCC(=O)[N@@+]1(Cc2ccc(Cl)cc2Cl)CCCC1C(N)=O)c1ccccc1. The molecular weight excluding hydrogens is 481 g/mol. The maximum atomic E-state index is 13.7. The topological polar surface area (TPSA) is 83.9 Å². The number of amides is 2. The van der Waals surface area contributed by atoms with Gasteiger partial charge in [-0.25, -0.2) is 9.28 Å². The molecule has 186 valence electrons. The summed E-state index contributed by atoms with van der Waals surface area (Å²) in [7, 11) is 0. The Balaban J connectivity index is 1.76. The first kappa shape index (κ1) is 27.2. The van der Waals surface area contributed by atoms with Gasteiger partial charge < -0.3 is 5.73 Å². The molecule has 7 heteroatoms. The summed E-state index contributed by atoms with van der Waals surface area (Å²) < 4.78 is 0.00292. The number of nitriles is 1. The van der Waals surface area contributed by atoms with Crippen LogP contribution in [0.1, 0.15) is 63.5 Å². The molecule has 0 bridgehead atoms. The smallest absolute Gasteiger partial charge is 0.314 e. The summed E-state index contributed by atoms with van der Waals surface area (Å²) >= 11 is 12.5. The lowest BCUT2D eigenvalue weighted by atomic mass is 9.69. The van der Waals surface area contributed by atoms with Gasteiger partial charge in [-0.15, -0.1) is 0 Å². The number of benzene rings is 2. The fourth-order valence-electron chi connectivity index (χ4n) is 5.54. The van der Waals surface area contributed by atoms with Gasteiger partial charge in [0, 0.05) is 23.4 Å². The lowest BCUT2D eigenvalue weighted by Crippen LogP contribution is -2.59. The molecule has 1 saturated heterocycles. The van der Waals surface area contributed by atoms with E-state index in [0.29, 0.717) is 48.8 Å². The molecule has 0 aliphatic carbocycles. The van der Waals surface area contributed by atoms with E-state index in [1.165, 1.54) is 0 Å². The molecule has 2 N–H and O–H groups in total. The molecule has 35 heavy (non-hydrogen) atoms. The van der Waals surface area contributed by atoms with Crippen LogP contribution in [0.5, 0.6) is 0 Å². The summed E-state index contributed by atoms with van der Waals surface area (Å²) in [5, 5.41) is 11.1. The first-order valence-corrected chi connectivity index (χ1v) is 13.0. The molecule has 5 nitrogen and oxygen atoms in total. The second-order valence-corrected chi connectivity index (χ2v) is 10.8. The number of carbonyl (C=O) groups is 2. The van der Waals surface area contributed by atoms with Crippen molar-refractivity contribution >= 4 is 35.0 Å². The summed E-state index contributed by atoms with van der Waals surface area (Å²) in [6.07, 6.45) is 3.70. The molecule has 2 aromatic rings. The highest BCUT2D eigenvalue weighted by Gasteiger charge is 2.50. The molecule has 0 spiro atoms. The van der Waals surface area contributed by atoms with Gasteiger partial charge in [-0.05, 0) is 36.5 Å². The van der Waals surface area contributed by atoms with Crippen LogP contribution >= 0.6 is 23.2 Å². The Hall–Kier alpha value is -2.39. The van der Waals surface area contributed by atoms with Gasteiger partial charge in [0.15, 0.2) is 6.04 Å². The Bertz CT molecular complexity index is 1100. The van der Waals surface area contributed by atoms with Crippen molar-refractivity contribution in [1.29, 1.82) is 5.26 Å². The molecule has 1 fully saturated rings. The van der Waals surface area contributed by atoms with Crippen LogP contribution in [0.4, 0.5) is 0 Å². The van der Waals surface area contributed by atoms with E-state index in [-0.39, 0.29) is 16.3 Å². The van der Waals surface area contributed by atoms with Crippen LogP contribution in [0, 0.1) is 17.2 Å².